The lowest BCUT2D eigenvalue weighted by Gasteiger charge is -2.35. The number of piperidine rings is 1. The second-order valence-electron chi connectivity index (χ2n) is 6.51. The van der Waals surface area contributed by atoms with Crippen LogP contribution in [-0.2, 0) is 9.59 Å². The van der Waals surface area contributed by atoms with Crippen molar-refractivity contribution in [1.82, 2.24) is 4.90 Å². The molecule has 1 saturated heterocycles. The first-order chi connectivity index (χ1) is 9.06. The average Bonchev–Trinajstić information content (AvgIpc) is 2.40. The Kier molecular flexibility index (Phi) is 5.14. The molecule has 108 valence electrons. The summed E-state index contributed by atoms with van der Waals surface area (Å²) in [6.07, 6.45) is 6.66. The highest BCUT2D eigenvalue weighted by Crippen LogP contribution is 2.30. The van der Waals surface area contributed by atoms with Gasteiger partial charge in [0.1, 0.15) is 11.6 Å². The average molecular weight is 265 g/mol. The maximum absolute atomic E-state index is 11.4. The van der Waals surface area contributed by atoms with Crippen molar-refractivity contribution in [2.24, 2.45) is 17.8 Å². The Bertz CT molecular complexity index is 292. The minimum absolute atomic E-state index is 0.310. The SMILES string of the molecule is CC(=O)C1CCN(C[C@H]2CC[C@H](C(C)=O)CC2)CC1. The van der Waals surface area contributed by atoms with E-state index in [2.05, 4.69) is 4.90 Å². The predicted octanol–water partition coefficient (Wildman–Crippen LogP) is 2.68. The van der Waals surface area contributed by atoms with Gasteiger partial charge in [-0.25, -0.2) is 0 Å². The third-order valence-corrected chi connectivity index (χ3v) is 5.10. The fourth-order valence-corrected chi connectivity index (χ4v) is 3.64. The van der Waals surface area contributed by atoms with Crippen LogP contribution in [0.2, 0.25) is 0 Å². The van der Waals surface area contributed by atoms with Gasteiger partial charge in [0.05, 0.1) is 0 Å². The summed E-state index contributed by atoms with van der Waals surface area (Å²) in [4.78, 5) is 25.2. The van der Waals surface area contributed by atoms with Crippen LogP contribution < -0.4 is 0 Å². The van der Waals surface area contributed by atoms with Gasteiger partial charge in [-0.1, -0.05) is 0 Å². The molecule has 1 heterocycles. The van der Waals surface area contributed by atoms with Crippen LogP contribution in [0, 0.1) is 17.8 Å². The van der Waals surface area contributed by atoms with Crippen LogP contribution in [0.1, 0.15) is 52.4 Å². The van der Waals surface area contributed by atoms with Crippen molar-refractivity contribution in [2.75, 3.05) is 19.6 Å². The van der Waals surface area contributed by atoms with E-state index >= 15 is 0 Å². The van der Waals surface area contributed by atoms with Gasteiger partial charge in [-0.15, -0.1) is 0 Å². The van der Waals surface area contributed by atoms with Gasteiger partial charge in [0.2, 0.25) is 0 Å². The minimum Gasteiger partial charge on any atom is -0.303 e. The number of carbonyl (C=O) groups excluding carboxylic acids is 2. The van der Waals surface area contributed by atoms with Gasteiger partial charge in [-0.05, 0) is 71.4 Å². The molecular formula is C16H27NO2. The van der Waals surface area contributed by atoms with Gasteiger partial charge < -0.3 is 4.90 Å². The van der Waals surface area contributed by atoms with E-state index in [1.165, 1.54) is 19.4 Å². The smallest absolute Gasteiger partial charge is 0.133 e. The Morgan fingerprint density at radius 2 is 1.32 bits per heavy atom. The van der Waals surface area contributed by atoms with Gasteiger partial charge in [-0.2, -0.15) is 0 Å². The van der Waals surface area contributed by atoms with E-state index in [9.17, 15) is 9.59 Å². The summed E-state index contributed by atoms with van der Waals surface area (Å²) >= 11 is 0. The molecule has 0 aromatic heterocycles. The number of Topliss-reactive ketones (excluding diaryl/α,β-unsaturated/α-hetero) is 2. The maximum Gasteiger partial charge on any atom is 0.133 e. The fraction of sp³-hybridized carbons (Fsp3) is 0.875. The number of nitrogens with zero attached hydrogens (tertiary/aromatic N) is 1. The largest absolute Gasteiger partial charge is 0.303 e. The van der Waals surface area contributed by atoms with E-state index in [0.717, 1.165) is 44.7 Å². The predicted molar refractivity (Wildman–Crippen MR) is 76.0 cm³/mol. The quantitative estimate of drug-likeness (QED) is 0.784. The van der Waals surface area contributed by atoms with Gasteiger partial charge >= 0.3 is 0 Å². The van der Waals surface area contributed by atoms with E-state index in [1.54, 1.807) is 13.8 Å². The van der Waals surface area contributed by atoms with Gasteiger partial charge in [-0.3, -0.25) is 9.59 Å². The second-order valence-corrected chi connectivity index (χ2v) is 6.51. The van der Waals surface area contributed by atoms with Crippen LogP contribution in [-0.4, -0.2) is 36.1 Å². The molecule has 2 rings (SSSR count). The number of rotatable bonds is 4. The van der Waals surface area contributed by atoms with Crippen LogP contribution >= 0.6 is 0 Å². The molecule has 0 amide bonds. The Morgan fingerprint density at radius 3 is 1.79 bits per heavy atom. The maximum atomic E-state index is 11.4. The Hall–Kier alpha value is -0.700. The molecule has 0 N–H and O–H groups in total. The Morgan fingerprint density at radius 1 is 0.842 bits per heavy atom. The molecule has 0 unspecified atom stereocenters. The van der Waals surface area contributed by atoms with Crippen molar-refractivity contribution in [3.05, 3.63) is 0 Å². The first-order valence-electron chi connectivity index (χ1n) is 7.79. The first-order valence-corrected chi connectivity index (χ1v) is 7.79. The third kappa shape index (κ3) is 4.13. The van der Waals surface area contributed by atoms with E-state index in [4.69, 9.17) is 0 Å². The highest BCUT2D eigenvalue weighted by atomic mass is 16.1. The van der Waals surface area contributed by atoms with Crippen molar-refractivity contribution < 1.29 is 9.59 Å². The first kappa shape index (κ1) is 14.7. The zero-order valence-electron chi connectivity index (χ0n) is 12.4. The number of likely N-dealkylation sites (tertiary alicyclic amines) is 1. The molecule has 2 fully saturated rings. The summed E-state index contributed by atoms with van der Waals surface area (Å²) in [6.45, 7) is 6.80. The van der Waals surface area contributed by atoms with E-state index in [-0.39, 0.29) is 0 Å². The molecule has 0 bridgehead atoms. The summed E-state index contributed by atoms with van der Waals surface area (Å²) in [7, 11) is 0. The fourth-order valence-electron chi connectivity index (χ4n) is 3.64. The molecule has 1 saturated carbocycles. The number of carbonyl (C=O) groups is 2. The van der Waals surface area contributed by atoms with Crippen molar-refractivity contribution in [3.63, 3.8) is 0 Å². The summed E-state index contributed by atoms with van der Waals surface area (Å²) in [5.41, 5.74) is 0. The van der Waals surface area contributed by atoms with Crippen molar-refractivity contribution in [1.29, 1.82) is 0 Å². The minimum atomic E-state index is 0.310. The molecule has 0 spiro atoms. The van der Waals surface area contributed by atoms with Crippen LogP contribution in [0.5, 0.6) is 0 Å². The van der Waals surface area contributed by atoms with Gasteiger partial charge in [0.15, 0.2) is 0 Å². The lowest BCUT2D eigenvalue weighted by Crippen LogP contribution is -2.39. The standard InChI is InChI=1S/C16H27NO2/c1-12(18)15-5-3-14(4-6-15)11-17-9-7-16(8-10-17)13(2)19/h14-16H,3-11H2,1-2H3/t14-,15-. The molecule has 2 aliphatic rings. The molecule has 3 nitrogen and oxygen atoms in total. The monoisotopic (exact) mass is 265 g/mol. The molecular weight excluding hydrogens is 238 g/mol. The van der Waals surface area contributed by atoms with E-state index < -0.39 is 0 Å². The summed E-state index contributed by atoms with van der Waals surface area (Å²) in [5.74, 6) is 2.15. The Labute approximate surface area is 116 Å². The van der Waals surface area contributed by atoms with Crippen LogP contribution in [0.15, 0.2) is 0 Å². The summed E-state index contributed by atoms with van der Waals surface area (Å²) in [6, 6.07) is 0. The highest BCUT2D eigenvalue weighted by Gasteiger charge is 2.27. The third-order valence-electron chi connectivity index (χ3n) is 5.10. The van der Waals surface area contributed by atoms with Gasteiger partial charge in [0.25, 0.3) is 0 Å². The van der Waals surface area contributed by atoms with Crippen molar-refractivity contribution in [3.8, 4) is 0 Å². The Balaban J connectivity index is 1.69. The normalized spacial score (nSPS) is 30.2. The van der Waals surface area contributed by atoms with Crippen LogP contribution in [0.3, 0.4) is 0 Å². The molecule has 19 heavy (non-hydrogen) atoms. The number of hydrogen-bond acceptors (Lipinski definition) is 3. The number of ketones is 2. The molecule has 0 atom stereocenters. The molecule has 0 aromatic rings. The van der Waals surface area contributed by atoms with Crippen LogP contribution in [0.4, 0.5) is 0 Å². The lowest BCUT2D eigenvalue weighted by atomic mass is 9.80. The molecule has 1 aliphatic carbocycles. The molecule has 0 aromatic carbocycles. The van der Waals surface area contributed by atoms with Crippen LogP contribution in [0.25, 0.3) is 0 Å². The second kappa shape index (κ2) is 6.65. The zero-order chi connectivity index (χ0) is 13.8. The van der Waals surface area contributed by atoms with Crippen molar-refractivity contribution >= 4 is 11.6 Å². The molecule has 3 heteroatoms. The summed E-state index contributed by atoms with van der Waals surface area (Å²) in [5, 5.41) is 0. The lowest BCUT2D eigenvalue weighted by molar-refractivity contribution is -0.122. The van der Waals surface area contributed by atoms with E-state index in [0.29, 0.717) is 23.4 Å². The van der Waals surface area contributed by atoms with Gasteiger partial charge in [0, 0.05) is 18.4 Å². The highest BCUT2D eigenvalue weighted by molar-refractivity contribution is 5.78. The van der Waals surface area contributed by atoms with Crippen molar-refractivity contribution in [2.45, 2.75) is 52.4 Å². The summed E-state index contributed by atoms with van der Waals surface area (Å²) < 4.78 is 0. The van der Waals surface area contributed by atoms with E-state index in [1.807, 2.05) is 0 Å². The topological polar surface area (TPSA) is 37.4 Å². The molecule has 0 radical (unpaired) electrons. The zero-order valence-corrected chi connectivity index (χ0v) is 12.4. The number of hydrogen-bond donors (Lipinski definition) is 0. The molecule has 1 aliphatic heterocycles.